The molecule has 2 N–H and O–H groups in total. The zero-order valence-corrected chi connectivity index (χ0v) is 12.0. The molecule has 0 aliphatic heterocycles. The lowest BCUT2D eigenvalue weighted by atomic mass is 9.90. The van der Waals surface area contributed by atoms with Crippen molar-refractivity contribution >= 4 is 11.9 Å². The lowest BCUT2D eigenvalue weighted by molar-refractivity contribution is -0.137. The first-order valence-corrected chi connectivity index (χ1v) is 6.98. The number of carboxylic acid groups (broad SMARTS) is 1. The summed E-state index contributed by atoms with van der Waals surface area (Å²) in [6.07, 6.45) is 10.5. The molecule has 1 aliphatic carbocycles. The fourth-order valence-electron chi connectivity index (χ4n) is 2.25. The predicted molar refractivity (Wildman–Crippen MR) is 79.2 cm³/mol. The van der Waals surface area contributed by atoms with Crippen LogP contribution < -0.4 is 5.32 Å². The van der Waals surface area contributed by atoms with E-state index < -0.39 is 5.97 Å². The van der Waals surface area contributed by atoms with Gasteiger partial charge in [0.2, 0.25) is 5.91 Å². The zero-order chi connectivity index (χ0) is 15.0. The molecule has 1 rings (SSSR count). The molecular formula is C16H23NO3. The van der Waals surface area contributed by atoms with Crippen LogP contribution >= 0.6 is 0 Å². The van der Waals surface area contributed by atoms with Gasteiger partial charge in [0.1, 0.15) is 0 Å². The Bertz CT molecular complexity index is 423. The summed E-state index contributed by atoms with van der Waals surface area (Å²) in [5, 5.41) is 11.8. The second-order valence-corrected chi connectivity index (χ2v) is 5.23. The Morgan fingerprint density at radius 1 is 1.60 bits per heavy atom. The third kappa shape index (κ3) is 6.36. The van der Waals surface area contributed by atoms with E-state index in [0.29, 0.717) is 25.2 Å². The van der Waals surface area contributed by atoms with Gasteiger partial charge in [-0.2, -0.15) is 0 Å². The summed E-state index contributed by atoms with van der Waals surface area (Å²) in [6.45, 7) is 5.61. The van der Waals surface area contributed by atoms with Gasteiger partial charge in [0.25, 0.3) is 0 Å². The number of nitrogens with one attached hydrogen (secondary N) is 1. The van der Waals surface area contributed by atoms with Crippen LogP contribution in [-0.4, -0.2) is 23.0 Å². The summed E-state index contributed by atoms with van der Waals surface area (Å²) in [5.41, 5.74) is 1.23. The molecule has 4 nitrogen and oxygen atoms in total. The minimum Gasteiger partial charge on any atom is -0.481 e. The maximum absolute atomic E-state index is 11.7. The minimum atomic E-state index is -0.884. The molecule has 0 aromatic carbocycles. The van der Waals surface area contributed by atoms with Crippen LogP contribution in [0, 0.1) is 5.92 Å². The molecule has 1 aliphatic rings. The molecule has 2 atom stereocenters. The van der Waals surface area contributed by atoms with Crippen molar-refractivity contribution in [1.29, 1.82) is 0 Å². The highest BCUT2D eigenvalue weighted by molar-refractivity contribution is 5.77. The summed E-state index contributed by atoms with van der Waals surface area (Å²) >= 11 is 0. The first-order valence-electron chi connectivity index (χ1n) is 6.98. The number of aliphatic carboxylic acids is 1. The summed E-state index contributed by atoms with van der Waals surface area (Å²) in [4.78, 5) is 22.6. The summed E-state index contributed by atoms with van der Waals surface area (Å²) < 4.78 is 0. The highest BCUT2D eigenvalue weighted by Crippen LogP contribution is 2.21. The molecule has 110 valence electrons. The number of carbonyl (C=O) groups is 2. The monoisotopic (exact) mass is 277 g/mol. The van der Waals surface area contributed by atoms with Crippen molar-refractivity contribution in [3.8, 4) is 0 Å². The lowest BCUT2D eigenvalue weighted by Gasteiger charge is -2.22. The van der Waals surface area contributed by atoms with Crippen LogP contribution in [0.15, 0.2) is 36.5 Å². The van der Waals surface area contributed by atoms with Crippen molar-refractivity contribution in [1.82, 2.24) is 5.32 Å². The minimum absolute atomic E-state index is 0.0349. The second-order valence-electron chi connectivity index (χ2n) is 5.23. The van der Waals surface area contributed by atoms with E-state index in [2.05, 4.69) is 24.0 Å². The van der Waals surface area contributed by atoms with Crippen molar-refractivity contribution in [2.24, 2.45) is 5.92 Å². The zero-order valence-electron chi connectivity index (χ0n) is 12.0. The molecule has 0 spiro atoms. The van der Waals surface area contributed by atoms with Crippen LogP contribution in [0.1, 0.15) is 39.0 Å². The highest BCUT2D eigenvalue weighted by Gasteiger charge is 2.20. The molecule has 20 heavy (non-hydrogen) atoms. The number of carbonyl (C=O) groups excluding carboxylic acids is 1. The molecule has 0 radical (unpaired) electrons. The van der Waals surface area contributed by atoms with Crippen molar-refractivity contribution in [2.45, 2.75) is 45.1 Å². The molecule has 4 heteroatoms. The summed E-state index contributed by atoms with van der Waals surface area (Å²) in [7, 11) is 0. The van der Waals surface area contributed by atoms with E-state index in [-0.39, 0.29) is 18.4 Å². The Balaban J connectivity index is 2.51. The smallest absolute Gasteiger partial charge is 0.305 e. The van der Waals surface area contributed by atoms with E-state index in [1.807, 2.05) is 13.0 Å². The first kappa shape index (κ1) is 16.2. The van der Waals surface area contributed by atoms with Crippen molar-refractivity contribution < 1.29 is 14.7 Å². The number of carboxylic acids is 1. The van der Waals surface area contributed by atoms with Gasteiger partial charge < -0.3 is 10.4 Å². The van der Waals surface area contributed by atoms with Crippen LogP contribution in [0.4, 0.5) is 0 Å². The molecule has 0 aromatic rings. The number of allylic oxidation sites excluding steroid dienone is 5. The van der Waals surface area contributed by atoms with Gasteiger partial charge in [-0.25, -0.2) is 0 Å². The van der Waals surface area contributed by atoms with Gasteiger partial charge in [-0.1, -0.05) is 29.9 Å². The maximum Gasteiger partial charge on any atom is 0.305 e. The molecule has 1 unspecified atom stereocenters. The largest absolute Gasteiger partial charge is 0.481 e. The van der Waals surface area contributed by atoms with E-state index in [0.717, 1.165) is 6.42 Å². The van der Waals surface area contributed by atoms with Gasteiger partial charge >= 0.3 is 5.97 Å². The average Bonchev–Trinajstić information content (AvgIpc) is 2.38. The molecule has 1 amide bonds. The fourth-order valence-corrected chi connectivity index (χ4v) is 2.25. The van der Waals surface area contributed by atoms with Gasteiger partial charge in [-0.05, 0) is 32.1 Å². The van der Waals surface area contributed by atoms with Crippen LogP contribution in [0.5, 0.6) is 0 Å². The maximum atomic E-state index is 11.7. The summed E-state index contributed by atoms with van der Waals surface area (Å²) in [5.74, 6) is -0.698. The standard InChI is InChI=1S/C16H23NO3/c1-3-4-5-15(18)17-14(11-16(19)20)10-13-8-6-12(2)7-9-13/h3,6-8,13-14H,1,4-5,9-11H2,2H3,(H,17,18)(H,19,20)/t13?,14-/m0/s1. The normalized spacial score (nSPS) is 19.1. The van der Waals surface area contributed by atoms with Crippen LogP contribution in [0.2, 0.25) is 0 Å². The Morgan fingerprint density at radius 2 is 2.35 bits per heavy atom. The first-order chi connectivity index (χ1) is 9.51. The van der Waals surface area contributed by atoms with Crippen LogP contribution in [0.3, 0.4) is 0 Å². The number of hydrogen-bond donors (Lipinski definition) is 2. The molecular weight excluding hydrogens is 254 g/mol. The Hall–Kier alpha value is -1.84. The van der Waals surface area contributed by atoms with E-state index >= 15 is 0 Å². The van der Waals surface area contributed by atoms with Crippen molar-refractivity contribution in [2.75, 3.05) is 0 Å². The van der Waals surface area contributed by atoms with Crippen LogP contribution in [-0.2, 0) is 9.59 Å². The number of amides is 1. The summed E-state index contributed by atoms with van der Waals surface area (Å²) in [6, 6.07) is -0.314. The van der Waals surface area contributed by atoms with E-state index in [1.54, 1.807) is 6.08 Å². The molecule has 0 heterocycles. The molecule has 0 fully saturated rings. The molecule has 0 bridgehead atoms. The second kappa shape index (κ2) is 8.35. The van der Waals surface area contributed by atoms with E-state index in [9.17, 15) is 9.59 Å². The average molecular weight is 277 g/mol. The SMILES string of the molecule is C=CCCC(=O)N[C@H](CC(=O)O)CC1C=CC(C)=CC1. The van der Waals surface area contributed by atoms with Gasteiger partial charge in [0.15, 0.2) is 0 Å². The third-order valence-electron chi connectivity index (χ3n) is 3.32. The lowest BCUT2D eigenvalue weighted by Crippen LogP contribution is -2.37. The predicted octanol–water partition coefficient (Wildman–Crippen LogP) is 2.82. The van der Waals surface area contributed by atoms with Gasteiger partial charge in [0.05, 0.1) is 6.42 Å². The molecule has 0 saturated carbocycles. The number of hydrogen-bond acceptors (Lipinski definition) is 2. The molecule has 0 saturated heterocycles. The fraction of sp³-hybridized carbons (Fsp3) is 0.500. The highest BCUT2D eigenvalue weighted by atomic mass is 16.4. The number of rotatable bonds is 8. The Labute approximate surface area is 120 Å². The third-order valence-corrected chi connectivity index (χ3v) is 3.32. The van der Waals surface area contributed by atoms with Gasteiger partial charge in [-0.15, -0.1) is 6.58 Å². The topological polar surface area (TPSA) is 66.4 Å². The quantitative estimate of drug-likeness (QED) is 0.670. The Kier molecular flexibility index (Phi) is 6.77. The molecule has 0 aromatic heterocycles. The Morgan fingerprint density at radius 3 is 2.90 bits per heavy atom. The van der Waals surface area contributed by atoms with Crippen LogP contribution in [0.25, 0.3) is 0 Å². The van der Waals surface area contributed by atoms with Gasteiger partial charge in [0, 0.05) is 12.5 Å². The van der Waals surface area contributed by atoms with Gasteiger partial charge in [-0.3, -0.25) is 9.59 Å². The van der Waals surface area contributed by atoms with E-state index in [4.69, 9.17) is 5.11 Å². The van der Waals surface area contributed by atoms with Crippen molar-refractivity contribution in [3.05, 3.63) is 36.5 Å². The van der Waals surface area contributed by atoms with E-state index in [1.165, 1.54) is 5.57 Å². The van der Waals surface area contributed by atoms with Crippen molar-refractivity contribution in [3.63, 3.8) is 0 Å².